The molecule has 1 aliphatic heterocycles. The number of primary amides is 1. The number of aromatic hydroxyl groups is 1. The van der Waals surface area contributed by atoms with Gasteiger partial charge in [-0.3, -0.25) is 24.0 Å². The second-order valence-corrected chi connectivity index (χ2v) is 8.64. The van der Waals surface area contributed by atoms with Crippen molar-refractivity contribution in [3.8, 4) is 5.75 Å². The summed E-state index contributed by atoms with van der Waals surface area (Å²) >= 11 is 0. The average molecular weight is 522 g/mol. The maximum absolute atomic E-state index is 13.2. The van der Waals surface area contributed by atoms with Gasteiger partial charge in [-0.1, -0.05) is 12.1 Å². The Balaban J connectivity index is 2.19. The van der Waals surface area contributed by atoms with Gasteiger partial charge in [0.25, 0.3) is 0 Å². The van der Waals surface area contributed by atoms with Crippen molar-refractivity contribution in [2.24, 2.45) is 5.73 Å². The molecule has 1 saturated heterocycles. The molecule has 0 radical (unpaired) electrons. The van der Waals surface area contributed by atoms with Crippen LogP contribution in [-0.4, -0.2) is 81.6 Å². The number of nitrogens with two attached hydrogens (primary N) is 1. The van der Waals surface area contributed by atoms with Crippen LogP contribution in [-0.2, 0) is 35.2 Å². The normalized spacial score (nSPS) is 17.1. The summed E-state index contributed by atoms with van der Waals surface area (Å²) in [4.78, 5) is 72.4. The van der Waals surface area contributed by atoms with E-state index in [-0.39, 0.29) is 12.2 Å². The van der Waals surface area contributed by atoms with Gasteiger partial charge in [-0.05, 0) is 43.5 Å². The molecule has 9 N–H and O–H groups in total. The highest BCUT2D eigenvalue weighted by Gasteiger charge is 2.32. The Hall–Kier alpha value is -4.20. The Morgan fingerprint density at radius 1 is 0.946 bits per heavy atom. The number of phenolic OH excluding ortho intramolecular Hbond substituents is 1. The second-order valence-electron chi connectivity index (χ2n) is 8.64. The van der Waals surface area contributed by atoms with E-state index in [1.54, 1.807) is 12.1 Å². The number of hydrogen-bond donors (Lipinski definition) is 8. The Morgan fingerprint density at radius 2 is 1.57 bits per heavy atom. The monoisotopic (exact) mass is 521 g/mol. The zero-order valence-corrected chi connectivity index (χ0v) is 19.9. The highest BCUT2D eigenvalue weighted by Crippen LogP contribution is 2.13. The maximum atomic E-state index is 13.2. The Bertz CT molecular complexity index is 1010. The molecule has 14 heteroatoms. The Kier molecular flexibility index (Phi) is 10.8. The van der Waals surface area contributed by atoms with Crippen molar-refractivity contribution in [2.45, 2.75) is 62.7 Å². The third-order valence-corrected chi connectivity index (χ3v) is 5.69. The first-order chi connectivity index (χ1) is 17.5. The quantitative estimate of drug-likeness (QED) is 0.133. The molecule has 4 amide bonds. The molecule has 0 aromatic heterocycles. The minimum absolute atomic E-state index is 0.00183. The van der Waals surface area contributed by atoms with Gasteiger partial charge in [-0.2, -0.15) is 0 Å². The van der Waals surface area contributed by atoms with Gasteiger partial charge in [0, 0.05) is 12.8 Å². The lowest BCUT2D eigenvalue weighted by atomic mass is 10.0. The molecule has 2 rings (SSSR count). The molecule has 1 heterocycles. The maximum Gasteiger partial charge on any atom is 0.326 e. The van der Waals surface area contributed by atoms with Crippen LogP contribution in [0, 0.1) is 0 Å². The number of amides is 4. The van der Waals surface area contributed by atoms with E-state index in [9.17, 15) is 39.0 Å². The molecule has 0 saturated carbocycles. The molecule has 4 unspecified atom stereocenters. The summed E-state index contributed by atoms with van der Waals surface area (Å²) in [5, 5.41) is 37.7. The Morgan fingerprint density at radius 3 is 2.11 bits per heavy atom. The molecular weight excluding hydrogens is 490 g/mol. The van der Waals surface area contributed by atoms with Crippen LogP contribution in [0.5, 0.6) is 5.75 Å². The van der Waals surface area contributed by atoms with Gasteiger partial charge >= 0.3 is 11.9 Å². The average Bonchev–Trinajstić information content (AvgIpc) is 3.36. The number of carboxylic acid groups (broad SMARTS) is 2. The summed E-state index contributed by atoms with van der Waals surface area (Å²) in [5.41, 5.74) is 5.78. The molecule has 1 aromatic rings. The number of carboxylic acids is 2. The van der Waals surface area contributed by atoms with Crippen LogP contribution in [0.3, 0.4) is 0 Å². The third-order valence-electron chi connectivity index (χ3n) is 5.69. The first kappa shape index (κ1) is 29.0. The summed E-state index contributed by atoms with van der Waals surface area (Å²) < 4.78 is 0. The van der Waals surface area contributed by atoms with Crippen LogP contribution in [0.15, 0.2) is 24.3 Å². The molecule has 14 nitrogen and oxygen atoms in total. The van der Waals surface area contributed by atoms with Crippen molar-refractivity contribution in [2.75, 3.05) is 6.54 Å². The predicted octanol–water partition coefficient (Wildman–Crippen LogP) is -2.03. The fraction of sp³-hybridized carbons (Fsp3) is 0.478. The fourth-order valence-electron chi connectivity index (χ4n) is 3.74. The van der Waals surface area contributed by atoms with E-state index in [0.717, 1.165) is 6.42 Å². The lowest BCUT2D eigenvalue weighted by Gasteiger charge is -2.25. The molecular formula is C23H31N5O9. The highest BCUT2D eigenvalue weighted by molar-refractivity contribution is 5.96. The molecule has 37 heavy (non-hydrogen) atoms. The number of hydrogen-bond acceptors (Lipinski definition) is 8. The zero-order valence-electron chi connectivity index (χ0n) is 19.9. The molecule has 4 atom stereocenters. The van der Waals surface area contributed by atoms with Crippen molar-refractivity contribution in [1.82, 2.24) is 21.3 Å². The lowest BCUT2D eigenvalue weighted by molar-refractivity contribution is -0.143. The summed E-state index contributed by atoms with van der Waals surface area (Å²) in [6.45, 7) is 0.639. The number of aliphatic carboxylic acids is 2. The van der Waals surface area contributed by atoms with Crippen molar-refractivity contribution >= 4 is 35.6 Å². The number of carbonyl (C=O) groups is 6. The van der Waals surface area contributed by atoms with Gasteiger partial charge in [0.2, 0.25) is 23.6 Å². The largest absolute Gasteiger partial charge is 0.508 e. The summed E-state index contributed by atoms with van der Waals surface area (Å²) in [6, 6.07) is 1.02. The van der Waals surface area contributed by atoms with Gasteiger partial charge in [0.1, 0.15) is 23.9 Å². The molecule has 0 bridgehead atoms. The Labute approximate surface area is 212 Å². The lowest BCUT2D eigenvalue weighted by Crippen LogP contribution is -2.58. The SMILES string of the molecule is NC(=O)CC(NC(=O)C(Cc1ccc(O)cc1)NC(=O)C1CCCN1)C(=O)NC(CCC(=O)O)C(=O)O. The minimum atomic E-state index is -1.59. The standard InChI is InChI=1S/C23H31N5O9/c24-18(30)11-17(22(35)26-15(23(36)37)7-8-19(31)32)28-21(34)16(10-12-3-5-13(29)6-4-12)27-20(33)14-2-1-9-25-14/h3-6,14-17,25,29H,1-2,7-11H2,(H2,24,30)(H,26,35)(H,27,33)(H,28,34)(H,31,32)(H,36,37). The summed E-state index contributed by atoms with van der Waals surface area (Å²) in [7, 11) is 0. The van der Waals surface area contributed by atoms with Crippen molar-refractivity contribution in [1.29, 1.82) is 0 Å². The number of nitrogens with one attached hydrogen (secondary N) is 4. The minimum Gasteiger partial charge on any atom is -0.508 e. The number of rotatable bonds is 14. The topological polar surface area (TPSA) is 237 Å². The molecule has 202 valence electrons. The molecule has 0 spiro atoms. The van der Waals surface area contributed by atoms with Crippen LogP contribution >= 0.6 is 0 Å². The van der Waals surface area contributed by atoms with E-state index >= 15 is 0 Å². The molecule has 1 aromatic carbocycles. The first-order valence-corrected chi connectivity index (χ1v) is 11.6. The first-order valence-electron chi connectivity index (χ1n) is 11.6. The third kappa shape index (κ3) is 9.76. The van der Waals surface area contributed by atoms with Crippen LogP contribution in [0.4, 0.5) is 0 Å². The smallest absolute Gasteiger partial charge is 0.326 e. The van der Waals surface area contributed by atoms with E-state index < -0.39 is 79.0 Å². The summed E-state index contributed by atoms with van der Waals surface area (Å²) in [5.74, 6) is -6.07. The van der Waals surface area contributed by atoms with Gasteiger partial charge in [-0.25, -0.2) is 4.79 Å². The van der Waals surface area contributed by atoms with E-state index in [2.05, 4.69) is 21.3 Å². The van der Waals surface area contributed by atoms with E-state index in [4.69, 9.17) is 10.8 Å². The zero-order chi connectivity index (χ0) is 27.5. The molecule has 1 fully saturated rings. The van der Waals surface area contributed by atoms with Gasteiger partial charge < -0.3 is 42.3 Å². The van der Waals surface area contributed by atoms with Crippen LogP contribution in [0.2, 0.25) is 0 Å². The van der Waals surface area contributed by atoms with E-state index in [1.807, 2.05) is 0 Å². The fourth-order valence-corrected chi connectivity index (χ4v) is 3.74. The van der Waals surface area contributed by atoms with E-state index in [0.29, 0.717) is 18.5 Å². The van der Waals surface area contributed by atoms with Gasteiger partial charge in [-0.15, -0.1) is 0 Å². The van der Waals surface area contributed by atoms with Crippen molar-refractivity contribution < 1.29 is 44.1 Å². The van der Waals surface area contributed by atoms with Crippen LogP contribution < -0.4 is 27.0 Å². The number of benzene rings is 1. The number of phenols is 1. The highest BCUT2D eigenvalue weighted by atomic mass is 16.4. The molecule has 1 aliphatic rings. The van der Waals surface area contributed by atoms with E-state index in [1.165, 1.54) is 12.1 Å². The van der Waals surface area contributed by atoms with Gasteiger partial charge in [0.15, 0.2) is 0 Å². The summed E-state index contributed by atoms with van der Waals surface area (Å²) in [6.07, 6.45) is -0.320. The van der Waals surface area contributed by atoms with Crippen LogP contribution in [0.25, 0.3) is 0 Å². The molecule has 0 aliphatic carbocycles. The van der Waals surface area contributed by atoms with Gasteiger partial charge in [0.05, 0.1) is 12.5 Å². The van der Waals surface area contributed by atoms with Crippen molar-refractivity contribution in [3.63, 3.8) is 0 Å². The van der Waals surface area contributed by atoms with Crippen molar-refractivity contribution in [3.05, 3.63) is 29.8 Å². The predicted molar refractivity (Wildman–Crippen MR) is 127 cm³/mol. The number of carbonyl (C=O) groups excluding carboxylic acids is 4. The van der Waals surface area contributed by atoms with Crippen LogP contribution in [0.1, 0.15) is 37.7 Å². The second kappa shape index (κ2) is 13.8.